The zero-order chi connectivity index (χ0) is 41.1. The molecule has 2 atom stereocenters. The Labute approximate surface area is 346 Å². The Morgan fingerprint density at radius 2 is 0.768 bits per heavy atom. The van der Waals surface area contributed by atoms with E-state index < -0.39 is 26.5 Å². The third kappa shape index (κ3) is 42.6. The first-order chi connectivity index (χ1) is 27.3. The summed E-state index contributed by atoms with van der Waals surface area (Å²) in [6, 6.07) is 0. The van der Waals surface area contributed by atoms with Crippen LogP contribution in [0.25, 0.3) is 0 Å². The maximum absolute atomic E-state index is 12.6. The molecule has 0 aliphatic rings. The Balaban J connectivity index is 3.97. The average Bonchev–Trinajstić information content (AvgIpc) is 3.18. The summed E-state index contributed by atoms with van der Waals surface area (Å²) in [6.45, 7) is 3.78. The van der Waals surface area contributed by atoms with Crippen LogP contribution in [0.3, 0.4) is 0 Å². The molecule has 0 spiro atoms. The Kier molecular flexibility index (Phi) is 42.8. The second kappa shape index (κ2) is 43.6. The predicted octanol–water partition coefficient (Wildman–Crippen LogP) is 14.0. The summed E-state index contributed by atoms with van der Waals surface area (Å²) in [7, 11) is -4.37. The number of phosphoric acid groups is 1. The van der Waals surface area contributed by atoms with E-state index in [-0.39, 0.29) is 38.6 Å². The van der Waals surface area contributed by atoms with Gasteiger partial charge in [-0.25, -0.2) is 4.57 Å². The molecule has 10 heteroatoms. The highest BCUT2D eigenvalue weighted by Crippen LogP contribution is 2.43. The molecule has 56 heavy (non-hydrogen) atoms. The molecular formula is C46H92NO8P. The molecule has 0 bridgehead atoms. The summed E-state index contributed by atoms with van der Waals surface area (Å²) in [5.74, 6) is -0.811. The fourth-order valence-corrected chi connectivity index (χ4v) is 7.93. The van der Waals surface area contributed by atoms with Crippen LogP contribution in [0, 0.1) is 0 Å². The van der Waals surface area contributed by atoms with E-state index in [9.17, 15) is 19.0 Å². The molecule has 0 aliphatic carbocycles. The van der Waals surface area contributed by atoms with Gasteiger partial charge >= 0.3 is 19.8 Å². The number of esters is 2. The Morgan fingerprint density at radius 1 is 0.464 bits per heavy atom. The summed E-state index contributed by atoms with van der Waals surface area (Å²) in [6.07, 6.45) is 44.3. The van der Waals surface area contributed by atoms with E-state index in [1.807, 2.05) is 0 Å². The van der Waals surface area contributed by atoms with E-state index >= 15 is 0 Å². The zero-order valence-electron chi connectivity index (χ0n) is 36.9. The number of ether oxygens (including phenoxy) is 2. The molecule has 0 saturated heterocycles. The monoisotopic (exact) mass is 818 g/mol. The number of carbonyl (C=O) groups is 2. The first kappa shape index (κ1) is 55.0. The van der Waals surface area contributed by atoms with Gasteiger partial charge in [0.15, 0.2) is 6.10 Å². The van der Waals surface area contributed by atoms with E-state index in [1.165, 1.54) is 186 Å². The molecular weight excluding hydrogens is 725 g/mol. The van der Waals surface area contributed by atoms with E-state index in [2.05, 4.69) is 13.8 Å². The predicted molar refractivity (Wildman–Crippen MR) is 234 cm³/mol. The lowest BCUT2D eigenvalue weighted by Crippen LogP contribution is -2.29. The second-order valence-electron chi connectivity index (χ2n) is 16.3. The van der Waals surface area contributed by atoms with Gasteiger partial charge in [0.1, 0.15) is 6.61 Å². The molecule has 0 aromatic carbocycles. The number of hydrogen-bond acceptors (Lipinski definition) is 8. The van der Waals surface area contributed by atoms with Crippen molar-refractivity contribution in [3.63, 3.8) is 0 Å². The highest BCUT2D eigenvalue weighted by atomic mass is 31.2. The maximum Gasteiger partial charge on any atom is 0.472 e. The summed E-state index contributed by atoms with van der Waals surface area (Å²) >= 11 is 0. The highest BCUT2D eigenvalue weighted by Gasteiger charge is 2.26. The van der Waals surface area contributed by atoms with Gasteiger partial charge in [0.25, 0.3) is 0 Å². The normalized spacial score (nSPS) is 13.1. The summed E-state index contributed by atoms with van der Waals surface area (Å²) in [5, 5.41) is 0. The summed E-state index contributed by atoms with van der Waals surface area (Å²) in [5.41, 5.74) is 5.35. The quantitative estimate of drug-likeness (QED) is 0.0350. The summed E-state index contributed by atoms with van der Waals surface area (Å²) in [4.78, 5) is 34.9. The minimum Gasteiger partial charge on any atom is -0.462 e. The van der Waals surface area contributed by atoms with Crippen molar-refractivity contribution in [2.45, 2.75) is 258 Å². The van der Waals surface area contributed by atoms with Crippen LogP contribution in [0.4, 0.5) is 0 Å². The topological polar surface area (TPSA) is 134 Å². The standard InChI is InChI=1S/C46H92NO8P/c1-3-5-7-9-11-13-15-17-18-19-20-21-22-23-24-25-26-27-29-31-33-35-37-39-46(49)55-44(43-54-56(50,51)53-41-40-47)42-52-45(48)38-36-34-32-30-28-16-14-12-10-8-6-4-2/h44H,3-43,47H2,1-2H3,(H,50,51)/t44-/m1/s1. The van der Waals surface area contributed by atoms with Crippen LogP contribution in [0.5, 0.6) is 0 Å². The van der Waals surface area contributed by atoms with E-state index in [1.54, 1.807) is 0 Å². The largest absolute Gasteiger partial charge is 0.472 e. The van der Waals surface area contributed by atoms with Crippen molar-refractivity contribution in [3.05, 3.63) is 0 Å². The van der Waals surface area contributed by atoms with Gasteiger partial charge in [0.2, 0.25) is 0 Å². The molecule has 0 fully saturated rings. The number of rotatable bonds is 46. The Hall–Kier alpha value is -0.990. The average molecular weight is 818 g/mol. The number of phosphoric ester groups is 1. The molecule has 0 amide bonds. The van der Waals surface area contributed by atoms with Crippen LogP contribution in [0.1, 0.15) is 251 Å². The molecule has 0 aliphatic heterocycles. The molecule has 334 valence electrons. The van der Waals surface area contributed by atoms with Crippen LogP contribution >= 0.6 is 7.82 Å². The maximum atomic E-state index is 12.6. The number of carbonyl (C=O) groups excluding carboxylic acids is 2. The molecule has 0 saturated carbocycles. The lowest BCUT2D eigenvalue weighted by Gasteiger charge is -2.19. The number of hydrogen-bond donors (Lipinski definition) is 2. The van der Waals surface area contributed by atoms with Crippen LogP contribution in [-0.4, -0.2) is 49.3 Å². The van der Waals surface area contributed by atoms with Gasteiger partial charge in [0, 0.05) is 19.4 Å². The SMILES string of the molecule is CCCCCCCCCCCCCCCCCCCCCCCCCC(=O)O[C@H](COC(=O)CCCCCCCCCCCCCC)COP(=O)(O)OCCN. The van der Waals surface area contributed by atoms with Crippen molar-refractivity contribution in [1.29, 1.82) is 0 Å². The van der Waals surface area contributed by atoms with Crippen LogP contribution in [0.2, 0.25) is 0 Å². The number of unbranched alkanes of at least 4 members (excludes halogenated alkanes) is 33. The van der Waals surface area contributed by atoms with Crippen molar-refractivity contribution in [3.8, 4) is 0 Å². The lowest BCUT2D eigenvalue weighted by atomic mass is 10.0. The van der Waals surface area contributed by atoms with Gasteiger partial charge < -0.3 is 20.1 Å². The van der Waals surface area contributed by atoms with Crippen LogP contribution in [0.15, 0.2) is 0 Å². The van der Waals surface area contributed by atoms with Crippen LogP contribution in [-0.2, 0) is 32.7 Å². The Bertz CT molecular complexity index is 891. The van der Waals surface area contributed by atoms with Crippen molar-refractivity contribution in [2.24, 2.45) is 5.73 Å². The highest BCUT2D eigenvalue weighted by molar-refractivity contribution is 7.47. The van der Waals surface area contributed by atoms with Gasteiger partial charge in [-0.1, -0.05) is 226 Å². The van der Waals surface area contributed by atoms with Crippen molar-refractivity contribution < 1.29 is 37.6 Å². The second-order valence-corrected chi connectivity index (χ2v) is 17.8. The van der Waals surface area contributed by atoms with E-state index in [0.717, 1.165) is 32.1 Å². The van der Waals surface area contributed by atoms with E-state index in [4.69, 9.17) is 24.3 Å². The zero-order valence-corrected chi connectivity index (χ0v) is 37.8. The van der Waals surface area contributed by atoms with Gasteiger partial charge in [-0.2, -0.15) is 0 Å². The fraction of sp³-hybridized carbons (Fsp3) is 0.957. The number of nitrogens with two attached hydrogens (primary N) is 1. The first-order valence-electron chi connectivity index (χ1n) is 24.0. The molecule has 9 nitrogen and oxygen atoms in total. The van der Waals surface area contributed by atoms with Crippen molar-refractivity contribution in [1.82, 2.24) is 0 Å². The van der Waals surface area contributed by atoms with Crippen LogP contribution < -0.4 is 5.73 Å². The lowest BCUT2D eigenvalue weighted by molar-refractivity contribution is -0.161. The van der Waals surface area contributed by atoms with Crippen molar-refractivity contribution in [2.75, 3.05) is 26.4 Å². The minimum absolute atomic E-state index is 0.0582. The molecule has 1 unspecified atom stereocenters. The molecule has 3 N–H and O–H groups in total. The molecule has 0 aromatic heterocycles. The third-order valence-electron chi connectivity index (χ3n) is 10.7. The fourth-order valence-electron chi connectivity index (χ4n) is 7.17. The first-order valence-corrected chi connectivity index (χ1v) is 25.5. The van der Waals surface area contributed by atoms with Crippen molar-refractivity contribution >= 4 is 19.8 Å². The van der Waals surface area contributed by atoms with Gasteiger partial charge in [-0.3, -0.25) is 18.6 Å². The molecule has 0 heterocycles. The molecule has 0 aromatic rings. The molecule has 0 radical (unpaired) electrons. The third-order valence-corrected chi connectivity index (χ3v) is 11.7. The minimum atomic E-state index is -4.37. The summed E-state index contributed by atoms with van der Waals surface area (Å²) < 4.78 is 32.8. The Morgan fingerprint density at radius 3 is 1.09 bits per heavy atom. The van der Waals surface area contributed by atoms with Gasteiger partial charge in [0.05, 0.1) is 13.2 Å². The van der Waals surface area contributed by atoms with Gasteiger partial charge in [-0.15, -0.1) is 0 Å². The molecule has 0 rings (SSSR count). The smallest absolute Gasteiger partial charge is 0.462 e. The van der Waals surface area contributed by atoms with E-state index in [0.29, 0.717) is 6.42 Å². The van der Waals surface area contributed by atoms with Gasteiger partial charge in [-0.05, 0) is 12.8 Å².